The van der Waals surface area contributed by atoms with Crippen molar-refractivity contribution in [3.05, 3.63) is 59.7 Å². The number of nitrogens with one attached hydrogen (secondary N) is 1. The molecule has 2 aromatic rings. The van der Waals surface area contributed by atoms with Gasteiger partial charge in [-0.3, -0.25) is 4.98 Å². The highest BCUT2D eigenvalue weighted by atomic mass is 19.1. The molecule has 1 heterocycles. The molecule has 0 bridgehead atoms. The van der Waals surface area contributed by atoms with Crippen molar-refractivity contribution in [2.24, 2.45) is 0 Å². The van der Waals surface area contributed by atoms with Crippen molar-refractivity contribution in [2.75, 3.05) is 18.0 Å². The molecule has 0 aliphatic carbocycles. The van der Waals surface area contributed by atoms with Crippen molar-refractivity contribution < 1.29 is 4.39 Å². The molecule has 0 radical (unpaired) electrons. The van der Waals surface area contributed by atoms with Crippen LogP contribution in [-0.4, -0.2) is 18.1 Å². The molecule has 3 nitrogen and oxygen atoms in total. The second-order valence-electron chi connectivity index (χ2n) is 5.68. The highest BCUT2D eigenvalue weighted by Gasteiger charge is 2.10. The number of halogens is 1. The summed E-state index contributed by atoms with van der Waals surface area (Å²) in [5.74, 6) is -0.140. The Morgan fingerprint density at radius 2 is 1.96 bits per heavy atom. The smallest absolute Gasteiger partial charge is 0.146 e. The van der Waals surface area contributed by atoms with Gasteiger partial charge in [0.15, 0.2) is 0 Å². The van der Waals surface area contributed by atoms with E-state index in [9.17, 15) is 4.39 Å². The lowest BCUT2D eigenvalue weighted by molar-refractivity contribution is 0.611. The minimum absolute atomic E-state index is 0.140. The fraction of sp³-hybridized carbons (Fsp3) is 0.421. The Hall–Kier alpha value is -1.94. The molecular formula is C19H26FN3. The Morgan fingerprint density at radius 3 is 2.65 bits per heavy atom. The summed E-state index contributed by atoms with van der Waals surface area (Å²) in [7, 11) is 0. The molecule has 0 saturated heterocycles. The van der Waals surface area contributed by atoms with E-state index in [-0.39, 0.29) is 5.82 Å². The fourth-order valence-electron chi connectivity index (χ4n) is 2.56. The van der Waals surface area contributed by atoms with Crippen molar-refractivity contribution in [1.82, 2.24) is 10.3 Å². The lowest BCUT2D eigenvalue weighted by atomic mass is 10.1. The Kier molecular flexibility index (Phi) is 7.01. The monoisotopic (exact) mass is 315 g/mol. The van der Waals surface area contributed by atoms with Gasteiger partial charge in [0.25, 0.3) is 0 Å². The van der Waals surface area contributed by atoms with E-state index in [0.29, 0.717) is 12.2 Å². The Morgan fingerprint density at radius 1 is 1.13 bits per heavy atom. The van der Waals surface area contributed by atoms with Gasteiger partial charge in [0, 0.05) is 38.6 Å². The first-order chi connectivity index (χ1) is 11.2. The van der Waals surface area contributed by atoms with Crippen LogP contribution in [0, 0.1) is 5.82 Å². The average molecular weight is 315 g/mol. The Balaban J connectivity index is 1.98. The number of hydrogen-bond acceptors (Lipinski definition) is 3. The average Bonchev–Trinajstić information content (AvgIpc) is 2.59. The largest absolute Gasteiger partial charge is 0.369 e. The third-order valence-corrected chi connectivity index (χ3v) is 3.90. The van der Waals surface area contributed by atoms with Crippen LogP contribution in [0.1, 0.15) is 37.8 Å². The molecule has 0 aliphatic rings. The molecule has 0 saturated carbocycles. The highest BCUT2D eigenvalue weighted by molar-refractivity contribution is 5.50. The predicted molar refractivity (Wildman–Crippen MR) is 94.0 cm³/mol. The number of pyridine rings is 1. The zero-order valence-corrected chi connectivity index (χ0v) is 14.1. The number of unbranched alkanes of at least 4 members (excludes halogenated alkanes) is 1. The maximum atomic E-state index is 14.2. The number of nitrogens with zero attached hydrogens (tertiary/aromatic N) is 2. The van der Waals surface area contributed by atoms with Crippen LogP contribution in [0.15, 0.2) is 42.7 Å². The van der Waals surface area contributed by atoms with Gasteiger partial charge in [-0.05, 0) is 42.7 Å². The highest BCUT2D eigenvalue weighted by Crippen LogP contribution is 2.21. The maximum absolute atomic E-state index is 14.2. The number of aromatic nitrogens is 1. The standard InChI is InChI=1S/C19H26FN3/c1-3-5-11-23(4-2)19-12-16(8-9-18(19)20)13-22-15-17-7-6-10-21-14-17/h6-10,12,14,22H,3-5,11,13,15H2,1-2H3. The SMILES string of the molecule is CCCCN(CC)c1cc(CNCc2cccnc2)ccc1F. The number of anilines is 1. The number of benzene rings is 1. The third-order valence-electron chi connectivity index (χ3n) is 3.90. The summed E-state index contributed by atoms with van der Waals surface area (Å²) in [6, 6.07) is 9.36. The van der Waals surface area contributed by atoms with Crippen LogP contribution in [0.3, 0.4) is 0 Å². The van der Waals surface area contributed by atoms with Gasteiger partial charge in [-0.15, -0.1) is 0 Å². The summed E-state index contributed by atoms with van der Waals surface area (Å²) in [6.45, 7) is 7.42. The van der Waals surface area contributed by atoms with Gasteiger partial charge in [0.1, 0.15) is 5.82 Å². The number of rotatable bonds is 9. The normalized spacial score (nSPS) is 10.7. The lowest BCUT2D eigenvalue weighted by Crippen LogP contribution is -2.25. The van der Waals surface area contributed by atoms with Crippen LogP contribution < -0.4 is 10.2 Å². The van der Waals surface area contributed by atoms with E-state index in [0.717, 1.165) is 43.6 Å². The second kappa shape index (κ2) is 9.26. The minimum atomic E-state index is -0.140. The topological polar surface area (TPSA) is 28.2 Å². The maximum Gasteiger partial charge on any atom is 0.146 e. The summed E-state index contributed by atoms with van der Waals surface area (Å²) in [4.78, 5) is 6.22. The Labute approximate surface area is 138 Å². The van der Waals surface area contributed by atoms with Crippen LogP contribution in [0.2, 0.25) is 0 Å². The van der Waals surface area contributed by atoms with Crippen molar-refractivity contribution in [1.29, 1.82) is 0 Å². The van der Waals surface area contributed by atoms with E-state index in [2.05, 4.69) is 29.0 Å². The van der Waals surface area contributed by atoms with Crippen molar-refractivity contribution in [3.8, 4) is 0 Å². The third kappa shape index (κ3) is 5.32. The molecule has 23 heavy (non-hydrogen) atoms. The molecule has 0 fully saturated rings. The van der Waals surface area contributed by atoms with E-state index in [1.165, 1.54) is 0 Å². The molecule has 4 heteroatoms. The molecular weight excluding hydrogens is 289 g/mol. The van der Waals surface area contributed by atoms with E-state index in [4.69, 9.17) is 0 Å². The summed E-state index contributed by atoms with van der Waals surface area (Å²) in [5, 5.41) is 3.38. The molecule has 0 spiro atoms. The molecule has 1 N–H and O–H groups in total. The predicted octanol–water partition coefficient (Wildman–Crippen LogP) is 4.14. The molecule has 0 atom stereocenters. The van der Waals surface area contributed by atoms with Crippen molar-refractivity contribution in [3.63, 3.8) is 0 Å². The first-order valence-electron chi connectivity index (χ1n) is 8.37. The quantitative estimate of drug-likeness (QED) is 0.754. The van der Waals surface area contributed by atoms with E-state index in [1.54, 1.807) is 12.3 Å². The van der Waals surface area contributed by atoms with Crippen LogP contribution in [0.5, 0.6) is 0 Å². The van der Waals surface area contributed by atoms with Crippen molar-refractivity contribution >= 4 is 5.69 Å². The van der Waals surface area contributed by atoms with Crippen LogP contribution in [0.25, 0.3) is 0 Å². The van der Waals surface area contributed by atoms with Gasteiger partial charge >= 0.3 is 0 Å². The van der Waals surface area contributed by atoms with Gasteiger partial charge in [0.05, 0.1) is 5.69 Å². The summed E-state index contributed by atoms with van der Waals surface area (Å²) in [6.07, 6.45) is 5.82. The second-order valence-corrected chi connectivity index (χ2v) is 5.68. The van der Waals surface area contributed by atoms with Crippen LogP contribution in [-0.2, 0) is 13.1 Å². The molecule has 1 aromatic heterocycles. The van der Waals surface area contributed by atoms with Gasteiger partial charge in [-0.1, -0.05) is 25.5 Å². The van der Waals surface area contributed by atoms with Gasteiger partial charge < -0.3 is 10.2 Å². The zero-order chi connectivity index (χ0) is 16.5. The van der Waals surface area contributed by atoms with E-state index < -0.39 is 0 Å². The zero-order valence-electron chi connectivity index (χ0n) is 14.1. The minimum Gasteiger partial charge on any atom is -0.369 e. The molecule has 0 aliphatic heterocycles. The van der Waals surface area contributed by atoms with Gasteiger partial charge in [-0.25, -0.2) is 4.39 Å². The Bertz CT molecular complexity index is 586. The van der Waals surface area contributed by atoms with Crippen molar-refractivity contribution in [2.45, 2.75) is 39.8 Å². The first kappa shape index (κ1) is 17.4. The number of hydrogen-bond donors (Lipinski definition) is 1. The van der Waals surface area contributed by atoms with Crippen LogP contribution >= 0.6 is 0 Å². The van der Waals surface area contributed by atoms with E-state index in [1.807, 2.05) is 30.5 Å². The first-order valence-corrected chi connectivity index (χ1v) is 8.37. The summed E-state index contributed by atoms with van der Waals surface area (Å²) < 4.78 is 14.2. The molecule has 0 amide bonds. The van der Waals surface area contributed by atoms with E-state index >= 15 is 0 Å². The van der Waals surface area contributed by atoms with Gasteiger partial charge in [0.2, 0.25) is 0 Å². The lowest BCUT2D eigenvalue weighted by Gasteiger charge is -2.24. The molecule has 124 valence electrons. The van der Waals surface area contributed by atoms with Gasteiger partial charge in [-0.2, -0.15) is 0 Å². The summed E-state index contributed by atoms with van der Waals surface area (Å²) in [5.41, 5.74) is 2.95. The fourth-order valence-corrected chi connectivity index (χ4v) is 2.56. The summed E-state index contributed by atoms with van der Waals surface area (Å²) >= 11 is 0. The molecule has 1 aromatic carbocycles. The van der Waals surface area contributed by atoms with Crippen LogP contribution in [0.4, 0.5) is 10.1 Å². The molecule has 0 unspecified atom stereocenters. The molecule has 2 rings (SSSR count).